The van der Waals surface area contributed by atoms with Crippen molar-refractivity contribution in [2.75, 3.05) is 6.61 Å². The first kappa shape index (κ1) is 13.9. The first-order valence-electron chi connectivity index (χ1n) is 5.53. The molecule has 0 aliphatic heterocycles. The molecule has 5 heteroatoms. The van der Waals surface area contributed by atoms with Gasteiger partial charge in [0.15, 0.2) is 17.2 Å². The Morgan fingerprint density at radius 3 is 2.39 bits per heavy atom. The number of carbonyl (C=O) groups excluding carboxylic acids is 1. The predicted molar refractivity (Wildman–Crippen MR) is 65.6 cm³/mol. The third-order valence-corrected chi connectivity index (χ3v) is 2.65. The molecule has 18 heavy (non-hydrogen) atoms. The fourth-order valence-electron chi connectivity index (χ4n) is 1.55. The lowest BCUT2D eigenvalue weighted by Crippen LogP contribution is -2.10. The second-order valence-corrected chi connectivity index (χ2v) is 3.85. The molecule has 0 aliphatic carbocycles. The van der Waals surface area contributed by atoms with E-state index >= 15 is 0 Å². The zero-order chi connectivity index (χ0) is 13.7. The zero-order valence-electron chi connectivity index (χ0n) is 10.1. The molecule has 0 heterocycles. The Morgan fingerprint density at radius 2 is 1.94 bits per heavy atom. The van der Waals surface area contributed by atoms with Gasteiger partial charge in [0.05, 0.1) is 6.61 Å². The normalized spacial score (nSPS) is 11.8. The Morgan fingerprint density at radius 1 is 1.39 bits per heavy atom. The standard InChI is InChI=1S/C13H16O5/c1-3-8(7-18-12(16)4-2)9-5-10(14)13(17)11(15)6-9/h4-6,8,14-15,17H,2-3,7H2,1H3. The smallest absolute Gasteiger partial charge is 0.330 e. The third-order valence-electron chi connectivity index (χ3n) is 2.65. The van der Waals surface area contributed by atoms with Crippen molar-refractivity contribution < 1.29 is 24.9 Å². The van der Waals surface area contributed by atoms with E-state index in [0.29, 0.717) is 12.0 Å². The van der Waals surface area contributed by atoms with Crippen molar-refractivity contribution in [2.24, 2.45) is 0 Å². The van der Waals surface area contributed by atoms with E-state index in [4.69, 9.17) is 4.74 Å². The number of benzene rings is 1. The SMILES string of the molecule is C=CC(=O)OCC(CC)c1cc(O)c(O)c(O)c1. The molecule has 0 amide bonds. The van der Waals surface area contributed by atoms with Crippen LogP contribution in [0.3, 0.4) is 0 Å². The second-order valence-electron chi connectivity index (χ2n) is 3.85. The highest BCUT2D eigenvalue weighted by Gasteiger charge is 2.16. The van der Waals surface area contributed by atoms with Gasteiger partial charge >= 0.3 is 5.97 Å². The maximum Gasteiger partial charge on any atom is 0.330 e. The Kier molecular flexibility index (Phi) is 4.59. The summed E-state index contributed by atoms with van der Waals surface area (Å²) in [5, 5.41) is 28.1. The van der Waals surface area contributed by atoms with E-state index in [1.807, 2.05) is 6.92 Å². The molecule has 1 aromatic carbocycles. The highest BCUT2D eigenvalue weighted by molar-refractivity contribution is 5.81. The van der Waals surface area contributed by atoms with E-state index in [-0.39, 0.29) is 12.5 Å². The van der Waals surface area contributed by atoms with E-state index in [1.54, 1.807) is 0 Å². The van der Waals surface area contributed by atoms with Gasteiger partial charge in [0.1, 0.15) is 0 Å². The lowest BCUT2D eigenvalue weighted by molar-refractivity contribution is -0.138. The van der Waals surface area contributed by atoms with Crippen LogP contribution in [-0.2, 0) is 9.53 Å². The number of carbonyl (C=O) groups is 1. The van der Waals surface area contributed by atoms with Gasteiger partial charge in [-0.1, -0.05) is 13.5 Å². The van der Waals surface area contributed by atoms with Gasteiger partial charge in [-0.25, -0.2) is 4.79 Å². The van der Waals surface area contributed by atoms with Crippen molar-refractivity contribution >= 4 is 5.97 Å². The minimum absolute atomic E-state index is 0.116. The molecule has 0 saturated heterocycles. The van der Waals surface area contributed by atoms with Crippen LogP contribution < -0.4 is 0 Å². The molecule has 0 spiro atoms. The lowest BCUT2D eigenvalue weighted by atomic mass is 9.96. The maximum absolute atomic E-state index is 11.0. The minimum Gasteiger partial charge on any atom is -0.504 e. The summed E-state index contributed by atoms with van der Waals surface area (Å²) in [5.74, 6) is -2.07. The van der Waals surface area contributed by atoms with Gasteiger partial charge in [0.25, 0.3) is 0 Å². The van der Waals surface area contributed by atoms with Crippen LogP contribution in [0.15, 0.2) is 24.8 Å². The topological polar surface area (TPSA) is 87.0 Å². The molecule has 1 unspecified atom stereocenters. The molecule has 1 atom stereocenters. The average molecular weight is 252 g/mol. The lowest BCUT2D eigenvalue weighted by Gasteiger charge is -2.16. The first-order chi connectivity index (χ1) is 8.49. The van der Waals surface area contributed by atoms with Crippen molar-refractivity contribution in [3.8, 4) is 17.2 Å². The molecule has 0 bridgehead atoms. The Balaban J connectivity index is 2.88. The van der Waals surface area contributed by atoms with E-state index in [9.17, 15) is 20.1 Å². The number of phenolic OH excluding ortho intramolecular Hbond substituents is 3. The summed E-state index contributed by atoms with van der Waals surface area (Å²) >= 11 is 0. The molecule has 98 valence electrons. The van der Waals surface area contributed by atoms with Crippen LogP contribution in [0, 0.1) is 0 Å². The number of hydrogen-bond acceptors (Lipinski definition) is 5. The van der Waals surface area contributed by atoms with Crippen LogP contribution in [-0.4, -0.2) is 27.9 Å². The molecule has 0 fully saturated rings. The molecular formula is C13H16O5. The van der Waals surface area contributed by atoms with Gasteiger partial charge in [0.2, 0.25) is 0 Å². The molecule has 0 aliphatic rings. The number of ether oxygens (including phenoxy) is 1. The number of phenols is 3. The first-order valence-corrected chi connectivity index (χ1v) is 5.53. The number of esters is 1. The fraction of sp³-hybridized carbons (Fsp3) is 0.308. The highest BCUT2D eigenvalue weighted by Crippen LogP contribution is 2.38. The van der Waals surface area contributed by atoms with Crippen LogP contribution in [0.4, 0.5) is 0 Å². The van der Waals surface area contributed by atoms with Gasteiger partial charge in [-0.3, -0.25) is 0 Å². The van der Waals surface area contributed by atoms with Crippen LogP contribution in [0.2, 0.25) is 0 Å². The van der Waals surface area contributed by atoms with Gasteiger partial charge < -0.3 is 20.1 Å². The summed E-state index contributed by atoms with van der Waals surface area (Å²) in [6.45, 7) is 5.29. The highest BCUT2D eigenvalue weighted by atomic mass is 16.5. The minimum atomic E-state index is -0.559. The van der Waals surface area contributed by atoms with E-state index in [2.05, 4.69) is 6.58 Å². The molecular weight excluding hydrogens is 236 g/mol. The molecule has 0 saturated carbocycles. The summed E-state index contributed by atoms with van der Waals surface area (Å²) in [5.41, 5.74) is 0.585. The largest absolute Gasteiger partial charge is 0.504 e. The van der Waals surface area contributed by atoms with E-state index in [0.717, 1.165) is 6.08 Å². The number of rotatable bonds is 5. The van der Waals surface area contributed by atoms with E-state index in [1.165, 1.54) is 12.1 Å². The Hall–Kier alpha value is -2.17. The molecule has 5 nitrogen and oxygen atoms in total. The molecule has 1 rings (SSSR count). The van der Waals surface area contributed by atoms with Gasteiger partial charge in [-0.15, -0.1) is 0 Å². The van der Waals surface area contributed by atoms with Crippen LogP contribution in [0.25, 0.3) is 0 Å². The summed E-state index contributed by atoms with van der Waals surface area (Å²) in [7, 11) is 0. The zero-order valence-corrected chi connectivity index (χ0v) is 10.1. The summed E-state index contributed by atoms with van der Waals surface area (Å²) in [6.07, 6.45) is 1.71. The summed E-state index contributed by atoms with van der Waals surface area (Å²) in [6, 6.07) is 2.68. The molecule has 0 radical (unpaired) electrons. The van der Waals surface area contributed by atoms with Crippen molar-refractivity contribution in [3.63, 3.8) is 0 Å². The molecule has 3 N–H and O–H groups in total. The maximum atomic E-state index is 11.0. The van der Waals surface area contributed by atoms with Gasteiger partial charge in [0, 0.05) is 12.0 Å². The molecule has 1 aromatic rings. The van der Waals surface area contributed by atoms with Gasteiger partial charge in [-0.05, 0) is 24.1 Å². The van der Waals surface area contributed by atoms with Crippen molar-refractivity contribution in [1.82, 2.24) is 0 Å². The Labute approximate surface area is 105 Å². The molecule has 0 aromatic heterocycles. The Bertz CT molecular complexity index is 430. The predicted octanol–water partition coefficient (Wildman–Crippen LogP) is 2.03. The van der Waals surface area contributed by atoms with Crippen molar-refractivity contribution in [1.29, 1.82) is 0 Å². The van der Waals surface area contributed by atoms with Crippen LogP contribution >= 0.6 is 0 Å². The van der Waals surface area contributed by atoms with Crippen LogP contribution in [0.5, 0.6) is 17.2 Å². The summed E-state index contributed by atoms with van der Waals surface area (Å²) in [4.78, 5) is 11.0. The quantitative estimate of drug-likeness (QED) is 0.424. The average Bonchev–Trinajstić information content (AvgIpc) is 2.36. The monoisotopic (exact) mass is 252 g/mol. The number of hydrogen-bond donors (Lipinski definition) is 3. The summed E-state index contributed by atoms with van der Waals surface area (Å²) < 4.78 is 4.93. The fourth-order valence-corrected chi connectivity index (χ4v) is 1.55. The van der Waals surface area contributed by atoms with E-state index < -0.39 is 23.2 Å². The van der Waals surface area contributed by atoms with Crippen molar-refractivity contribution in [3.05, 3.63) is 30.4 Å². The third kappa shape index (κ3) is 3.16. The van der Waals surface area contributed by atoms with Gasteiger partial charge in [-0.2, -0.15) is 0 Å². The van der Waals surface area contributed by atoms with Crippen LogP contribution in [0.1, 0.15) is 24.8 Å². The number of aromatic hydroxyl groups is 3. The second kappa shape index (κ2) is 5.95. The van der Waals surface area contributed by atoms with Crippen molar-refractivity contribution in [2.45, 2.75) is 19.3 Å².